The standard InChI is InChI=1S/C17H19N3O4S/c1-24-17(21)13-5-7-15(8-6-13)25(22,23)19-14-9-11-20(12-14)16-4-2-3-10-18-16/h2-8,10,14,19H,9,11-12H2,1H3. The minimum absolute atomic E-state index is 0.122. The van der Waals surface area contributed by atoms with E-state index in [0.29, 0.717) is 18.5 Å². The predicted molar refractivity (Wildman–Crippen MR) is 93.0 cm³/mol. The van der Waals surface area contributed by atoms with Gasteiger partial charge in [0.05, 0.1) is 17.6 Å². The van der Waals surface area contributed by atoms with E-state index in [-0.39, 0.29) is 10.9 Å². The number of esters is 1. The Morgan fingerprint density at radius 1 is 1.24 bits per heavy atom. The highest BCUT2D eigenvalue weighted by Crippen LogP contribution is 2.19. The van der Waals surface area contributed by atoms with E-state index in [9.17, 15) is 13.2 Å². The maximum Gasteiger partial charge on any atom is 0.337 e. The number of aromatic nitrogens is 1. The summed E-state index contributed by atoms with van der Waals surface area (Å²) in [5, 5.41) is 0. The van der Waals surface area contributed by atoms with Gasteiger partial charge in [-0.05, 0) is 42.8 Å². The molecule has 1 aliphatic rings. The first-order chi connectivity index (χ1) is 12.0. The second-order valence-corrected chi connectivity index (χ2v) is 7.47. The summed E-state index contributed by atoms with van der Waals surface area (Å²) in [7, 11) is -2.37. The molecule has 1 atom stereocenters. The Hall–Kier alpha value is -2.45. The lowest BCUT2D eigenvalue weighted by molar-refractivity contribution is 0.0600. The number of carbonyl (C=O) groups excluding carboxylic acids is 1. The van der Waals surface area contributed by atoms with Crippen LogP contribution in [0.2, 0.25) is 0 Å². The number of benzene rings is 1. The molecule has 1 saturated heterocycles. The molecule has 1 aliphatic heterocycles. The molecular formula is C17H19N3O4S. The highest BCUT2D eigenvalue weighted by Gasteiger charge is 2.28. The molecule has 8 heteroatoms. The van der Waals surface area contributed by atoms with E-state index in [1.165, 1.54) is 31.4 Å². The number of ether oxygens (including phenoxy) is 1. The van der Waals surface area contributed by atoms with E-state index in [4.69, 9.17) is 0 Å². The van der Waals surface area contributed by atoms with E-state index >= 15 is 0 Å². The SMILES string of the molecule is COC(=O)c1ccc(S(=O)(=O)NC2CCN(c3ccccn3)C2)cc1. The van der Waals surface area contributed by atoms with E-state index in [1.54, 1.807) is 6.20 Å². The Morgan fingerprint density at radius 3 is 2.64 bits per heavy atom. The van der Waals surface area contributed by atoms with Gasteiger partial charge < -0.3 is 9.64 Å². The molecule has 3 rings (SSSR count). The first kappa shape index (κ1) is 17.4. The molecule has 25 heavy (non-hydrogen) atoms. The molecule has 7 nitrogen and oxygen atoms in total. The van der Waals surface area contributed by atoms with Crippen LogP contribution in [0.25, 0.3) is 0 Å². The van der Waals surface area contributed by atoms with E-state index in [0.717, 1.165) is 12.4 Å². The van der Waals surface area contributed by atoms with Gasteiger partial charge in [-0.3, -0.25) is 0 Å². The number of sulfonamides is 1. The number of nitrogens with one attached hydrogen (secondary N) is 1. The third-order valence-corrected chi connectivity index (χ3v) is 5.61. The number of nitrogens with zero attached hydrogens (tertiary/aromatic N) is 2. The molecule has 0 amide bonds. The molecule has 0 radical (unpaired) electrons. The fourth-order valence-electron chi connectivity index (χ4n) is 2.78. The number of anilines is 1. The minimum Gasteiger partial charge on any atom is -0.465 e. The van der Waals surface area contributed by atoms with Gasteiger partial charge in [-0.2, -0.15) is 0 Å². The molecule has 1 N–H and O–H groups in total. The smallest absolute Gasteiger partial charge is 0.337 e. The molecule has 0 spiro atoms. The van der Waals surface area contributed by atoms with E-state index < -0.39 is 16.0 Å². The molecule has 0 aliphatic carbocycles. The lowest BCUT2D eigenvalue weighted by Gasteiger charge is -2.17. The van der Waals surface area contributed by atoms with Crippen LogP contribution in [-0.2, 0) is 14.8 Å². The molecule has 1 fully saturated rings. The summed E-state index contributed by atoms with van der Waals surface area (Å²) in [6.45, 7) is 1.31. The van der Waals surface area contributed by atoms with Crippen molar-refractivity contribution >= 4 is 21.8 Å². The zero-order valence-electron chi connectivity index (χ0n) is 13.8. The molecule has 132 valence electrons. The summed E-state index contributed by atoms with van der Waals surface area (Å²) < 4.78 is 32.4. The highest BCUT2D eigenvalue weighted by atomic mass is 32.2. The molecular weight excluding hydrogens is 342 g/mol. The molecule has 0 saturated carbocycles. The van der Waals surface area contributed by atoms with Crippen molar-refractivity contribution < 1.29 is 17.9 Å². The third kappa shape index (κ3) is 3.97. The second kappa shape index (κ2) is 7.20. The normalized spacial score (nSPS) is 17.5. The second-order valence-electron chi connectivity index (χ2n) is 5.76. The van der Waals surface area contributed by atoms with Crippen LogP contribution in [0, 0.1) is 0 Å². The molecule has 2 aromatic rings. The maximum atomic E-state index is 12.5. The average molecular weight is 361 g/mol. The van der Waals surface area contributed by atoms with Gasteiger partial charge in [0.1, 0.15) is 5.82 Å². The molecule has 2 heterocycles. The Kier molecular flexibility index (Phi) is 5.00. The van der Waals surface area contributed by atoms with Gasteiger partial charge >= 0.3 is 5.97 Å². The van der Waals surface area contributed by atoms with Crippen LogP contribution in [0.15, 0.2) is 53.6 Å². The lowest BCUT2D eigenvalue weighted by Crippen LogP contribution is -2.37. The van der Waals surface area contributed by atoms with Crippen molar-refractivity contribution in [2.45, 2.75) is 17.4 Å². The zero-order valence-corrected chi connectivity index (χ0v) is 14.6. The summed E-state index contributed by atoms with van der Waals surface area (Å²) in [5.74, 6) is 0.338. The first-order valence-electron chi connectivity index (χ1n) is 7.86. The highest BCUT2D eigenvalue weighted by molar-refractivity contribution is 7.89. The number of methoxy groups -OCH3 is 1. The fourth-order valence-corrected chi connectivity index (χ4v) is 4.04. The number of carbonyl (C=O) groups is 1. The molecule has 0 bridgehead atoms. The van der Waals surface area contributed by atoms with E-state index in [2.05, 4.69) is 14.4 Å². The van der Waals surface area contributed by atoms with Gasteiger partial charge in [0.15, 0.2) is 0 Å². The monoisotopic (exact) mass is 361 g/mol. The zero-order chi connectivity index (χ0) is 17.9. The van der Waals surface area contributed by atoms with Crippen molar-refractivity contribution in [2.75, 3.05) is 25.1 Å². The fraction of sp³-hybridized carbons (Fsp3) is 0.294. The maximum absolute atomic E-state index is 12.5. The van der Waals surface area contributed by atoms with Crippen LogP contribution >= 0.6 is 0 Å². The summed E-state index contributed by atoms with van der Waals surface area (Å²) in [5.41, 5.74) is 0.309. The van der Waals surface area contributed by atoms with Gasteiger partial charge in [0, 0.05) is 25.3 Å². The van der Waals surface area contributed by atoms with Crippen LogP contribution < -0.4 is 9.62 Å². The van der Waals surface area contributed by atoms with Gasteiger partial charge in [0.2, 0.25) is 10.0 Å². The number of rotatable bonds is 5. The van der Waals surface area contributed by atoms with Gasteiger partial charge in [0.25, 0.3) is 0 Å². The number of pyridine rings is 1. The summed E-state index contributed by atoms with van der Waals surface area (Å²) in [6.07, 6.45) is 2.42. The largest absolute Gasteiger partial charge is 0.465 e. The Morgan fingerprint density at radius 2 is 2.00 bits per heavy atom. The van der Waals surface area contributed by atoms with Gasteiger partial charge in [-0.25, -0.2) is 22.9 Å². The summed E-state index contributed by atoms with van der Waals surface area (Å²) >= 11 is 0. The van der Waals surface area contributed by atoms with Crippen molar-refractivity contribution in [2.24, 2.45) is 0 Å². The van der Waals surface area contributed by atoms with Crippen LogP contribution in [0.5, 0.6) is 0 Å². The molecule has 1 aromatic heterocycles. The van der Waals surface area contributed by atoms with Crippen LogP contribution in [0.4, 0.5) is 5.82 Å². The van der Waals surface area contributed by atoms with Crippen LogP contribution in [-0.4, -0.2) is 45.6 Å². The quantitative estimate of drug-likeness (QED) is 0.811. The number of hydrogen-bond acceptors (Lipinski definition) is 6. The molecule has 1 aromatic carbocycles. The Labute approximate surface area is 146 Å². The summed E-state index contributed by atoms with van der Waals surface area (Å²) in [4.78, 5) is 17.9. The van der Waals surface area contributed by atoms with Crippen molar-refractivity contribution in [3.63, 3.8) is 0 Å². The van der Waals surface area contributed by atoms with Gasteiger partial charge in [-0.15, -0.1) is 0 Å². The first-order valence-corrected chi connectivity index (χ1v) is 9.34. The van der Waals surface area contributed by atoms with Crippen molar-refractivity contribution in [1.82, 2.24) is 9.71 Å². The average Bonchev–Trinajstić information content (AvgIpc) is 3.09. The predicted octanol–water partition coefficient (Wildman–Crippen LogP) is 1.43. The summed E-state index contributed by atoms with van der Waals surface area (Å²) in [6, 6.07) is 11.2. The van der Waals surface area contributed by atoms with E-state index in [1.807, 2.05) is 23.1 Å². The third-order valence-electron chi connectivity index (χ3n) is 4.07. The van der Waals surface area contributed by atoms with Crippen molar-refractivity contribution in [1.29, 1.82) is 0 Å². The van der Waals surface area contributed by atoms with Crippen LogP contribution in [0.3, 0.4) is 0 Å². The topological polar surface area (TPSA) is 88.6 Å². The molecule has 1 unspecified atom stereocenters. The Bertz CT molecular complexity index is 838. The van der Waals surface area contributed by atoms with Gasteiger partial charge in [-0.1, -0.05) is 6.07 Å². The Balaban J connectivity index is 1.67. The lowest BCUT2D eigenvalue weighted by atomic mass is 10.2. The number of hydrogen-bond donors (Lipinski definition) is 1. The van der Waals surface area contributed by atoms with Crippen molar-refractivity contribution in [3.05, 3.63) is 54.2 Å². The van der Waals surface area contributed by atoms with Crippen molar-refractivity contribution in [3.8, 4) is 0 Å². The van der Waals surface area contributed by atoms with Crippen LogP contribution in [0.1, 0.15) is 16.8 Å². The minimum atomic E-state index is -3.65.